The minimum absolute atomic E-state index is 0.113. The van der Waals surface area contributed by atoms with Crippen LogP contribution in [0.2, 0.25) is 0 Å². The van der Waals surface area contributed by atoms with Gasteiger partial charge in [0.15, 0.2) is 0 Å². The molecular formula is C90H170N24O6. The number of nitrogens with one attached hydrogen (secondary N) is 9. The molecule has 0 bridgehead atoms. The second kappa shape index (κ2) is 40.6. The van der Waals surface area contributed by atoms with Crippen molar-refractivity contribution in [1.29, 1.82) is 0 Å². The average Bonchev–Trinajstić information content (AvgIpc) is 0.771. The van der Waals surface area contributed by atoms with E-state index in [9.17, 15) is 0 Å². The molecule has 0 radical (unpaired) electrons. The van der Waals surface area contributed by atoms with Crippen LogP contribution in [-0.2, 0) is 28.4 Å². The van der Waals surface area contributed by atoms with Crippen LogP contribution in [0.15, 0.2) is 0 Å². The number of hydrogen-bond acceptors (Lipinski definition) is 30. The van der Waals surface area contributed by atoms with E-state index in [-0.39, 0.29) is 109 Å². The summed E-state index contributed by atoms with van der Waals surface area (Å²) in [6, 6.07) is 0.755. The fourth-order valence-corrected chi connectivity index (χ4v) is 22.7. The van der Waals surface area contributed by atoms with E-state index < -0.39 is 0 Å². The van der Waals surface area contributed by atoms with Crippen molar-refractivity contribution in [2.45, 2.75) is 378 Å². The van der Waals surface area contributed by atoms with Crippen LogP contribution in [0, 0.1) is 5.92 Å². The molecule has 6 aliphatic heterocycles. The number of piperidine rings is 6. The highest BCUT2D eigenvalue weighted by atomic mass is 16.5. The summed E-state index contributed by atoms with van der Waals surface area (Å²) in [7, 11) is 10.7. The zero-order valence-corrected chi connectivity index (χ0v) is 80.8. The number of nitrogens with zero attached hydrogens (tertiary/aromatic N) is 15. The van der Waals surface area contributed by atoms with Crippen LogP contribution < -0.4 is 77.3 Å². The Kier molecular flexibility index (Phi) is 33.3. The van der Waals surface area contributed by atoms with Gasteiger partial charge >= 0.3 is 0 Å². The van der Waals surface area contributed by atoms with Gasteiger partial charge in [0.1, 0.15) is 0 Å². The number of rotatable bonds is 44. The van der Waals surface area contributed by atoms with Gasteiger partial charge in [0, 0.05) is 204 Å². The van der Waals surface area contributed by atoms with Crippen LogP contribution in [0.3, 0.4) is 0 Å². The molecule has 0 saturated carbocycles. The number of methoxy groups -OCH3 is 6. The van der Waals surface area contributed by atoms with Gasteiger partial charge < -0.3 is 106 Å². The Bertz CT molecular complexity index is 3370. The molecular weight excluding hydrogens is 1510 g/mol. The summed E-state index contributed by atoms with van der Waals surface area (Å²) in [6.45, 7) is 64.2. The molecule has 9 N–H and O–H groups in total. The van der Waals surface area contributed by atoms with Gasteiger partial charge in [-0.25, -0.2) is 0 Å². The summed E-state index contributed by atoms with van der Waals surface area (Å²) in [6.07, 6.45) is 15.3. The van der Waals surface area contributed by atoms with Crippen molar-refractivity contribution in [2.24, 2.45) is 5.92 Å². The van der Waals surface area contributed by atoms with E-state index in [2.05, 4.69) is 243 Å². The first-order chi connectivity index (χ1) is 55.9. The maximum Gasteiger partial charge on any atom is 0.232 e. The zero-order chi connectivity index (χ0) is 88.3. The predicted octanol–water partition coefficient (Wildman–Crippen LogP) is 12.0. The Labute approximate surface area is 725 Å². The highest BCUT2D eigenvalue weighted by Gasteiger charge is 2.48. The molecule has 6 fully saturated rings. The fourth-order valence-electron chi connectivity index (χ4n) is 22.7. The van der Waals surface area contributed by atoms with Crippen LogP contribution in [0.5, 0.6) is 0 Å². The van der Waals surface area contributed by atoms with Crippen LogP contribution in [0.25, 0.3) is 0 Å². The quantitative estimate of drug-likeness (QED) is 0.0238. The van der Waals surface area contributed by atoms with E-state index in [1.54, 1.807) is 42.7 Å². The summed E-state index contributed by atoms with van der Waals surface area (Å²) in [5, 5.41) is 35.3. The summed E-state index contributed by atoms with van der Waals surface area (Å²) < 4.78 is 35.5. The SMILES string of the molecule is COCCN(c1nc(NCCCCC(CCCNc2nc(N(CCOC)C3CC(C)(C)NC(C)(C)C3)nc(N(CCOC)C3CC(C)(C)NC(C)(C)C3)n2)CNc2nc(N(CCOC)C3CC(C)(C)NC(C)(C)C3)nc(N(CCOC)C3CC(C)(C)NC(C)(C)C3)n2)nc(N(CCOC)C2CC(C)(C)NC(C)(C)C2)n1)C1CC(C)(C)NC(C)(C)C1. The third-order valence-electron chi connectivity index (χ3n) is 25.2. The van der Waals surface area contributed by atoms with E-state index in [1.165, 1.54) is 0 Å². The summed E-state index contributed by atoms with van der Waals surface area (Å²) >= 11 is 0. The molecule has 9 heterocycles. The standard InChI is InChI=1S/C90H170N24O6/c1-79(2)50-64(51-80(3,4)103-79)109(38-44-115-25)73-94-70(95-74(100-73)110(39-45-116-26)65-52-81(5,6)104-82(7,8)53-65)91-36-32-31-34-63(62-93-72-98-77(113(42-48-119-29)68-58-87(17,18)107-88(19,20)59-68)102-78(99-72)114(43-49-120-30)69-60-89(21,22)108-90(23,24)61-69)35-33-37-92-71-96-75(111(40-46-117-27)66-54-83(9,10)105-84(11,12)55-66)101-76(97-71)112(41-47-118-28)67-56-85(13,14)106-86(15,16)57-67/h63-69,103-108H,31-62H2,1-30H3,(H,91,94,95,100)(H,92,96,97,101)(H,93,98,99,102). The Morgan fingerprint density at radius 2 is 0.433 bits per heavy atom. The Balaban J connectivity index is 1.10. The molecule has 1 unspecified atom stereocenters. The molecule has 0 amide bonds. The van der Waals surface area contributed by atoms with Gasteiger partial charge in [0.2, 0.25) is 53.5 Å². The monoisotopic (exact) mass is 1680 g/mol. The smallest absolute Gasteiger partial charge is 0.232 e. The molecule has 3 aromatic rings. The normalized spacial score (nSPS) is 22.8. The van der Waals surface area contributed by atoms with Crippen molar-refractivity contribution < 1.29 is 28.4 Å². The fraction of sp³-hybridized carbons (Fsp3) is 0.900. The van der Waals surface area contributed by atoms with Gasteiger partial charge in [0.25, 0.3) is 0 Å². The first-order valence-corrected chi connectivity index (χ1v) is 45.7. The molecule has 30 nitrogen and oxygen atoms in total. The van der Waals surface area contributed by atoms with Crippen molar-refractivity contribution in [3.05, 3.63) is 0 Å². The van der Waals surface area contributed by atoms with Crippen molar-refractivity contribution in [3.63, 3.8) is 0 Å². The lowest BCUT2D eigenvalue weighted by Crippen LogP contribution is -2.63. The minimum Gasteiger partial charge on any atom is -0.383 e. The lowest BCUT2D eigenvalue weighted by Gasteiger charge is -2.50. The van der Waals surface area contributed by atoms with E-state index >= 15 is 0 Å². The van der Waals surface area contributed by atoms with Crippen molar-refractivity contribution in [1.82, 2.24) is 76.8 Å². The molecule has 6 aliphatic rings. The highest BCUT2D eigenvalue weighted by molar-refractivity contribution is 5.51. The lowest BCUT2D eigenvalue weighted by atomic mass is 9.79. The number of unbranched alkanes of at least 4 members (excludes halogenated alkanes) is 1. The molecule has 0 aromatic carbocycles. The largest absolute Gasteiger partial charge is 0.383 e. The summed E-state index contributed by atoms with van der Waals surface area (Å²) in [5.74, 6) is 5.79. The van der Waals surface area contributed by atoms with Crippen LogP contribution in [0.1, 0.15) is 275 Å². The predicted molar refractivity (Wildman–Crippen MR) is 493 cm³/mol. The second-order valence-electron chi connectivity index (χ2n) is 44.4. The van der Waals surface area contributed by atoms with Crippen LogP contribution in [0.4, 0.5) is 53.5 Å². The Morgan fingerprint density at radius 1 is 0.258 bits per heavy atom. The molecule has 0 aliphatic carbocycles. The van der Waals surface area contributed by atoms with E-state index in [4.69, 9.17) is 73.3 Å². The molecule has 686 valence electrons. The van der Waals surface area contributed by atoms with Crippen LogP contribution >= 0.6 is 0 Å². The van der Waals surface area contributed by atoms with Crippen LogP contribution in [-0.4, -0.2) is 289 Å². The maximum atomic E-state index is 5.95. The highest BCUT2D eigenvalue weighted by Crippen LogP contribution is 2.42. The third-order valence-corrected chi connectivity index (χ3v) is 25.2. The van der Waals surface area contributed by atoms with Gasteiger partial charge in [-0.15, -0.1) is 0 Å². The molecule has 30 heteroatoms. The molecule has 0 spiro atoms. The van der Waals surface area contributed by atoms with Gasteiger partial charge in [-0.1, -0.05) is 6.42 Å². The average molecular weight is 1680 g/mol. The number of hydrogen-bond donors (Lipinski definition) is 9. The Hall–Kier alpha value is -5.25. The van der Waals surface area contributed by atoms with Gasteiger partial charge in [0.05, 0.1) is 39.6 Å². The first kappa shape index (κ1) is 98.5. The number of ether oxygens (including phenoxy) is 6. The maximum absolute atomic E-state index is 5.95. The number of anilines is 9. The molecule has 9 rings (SSSR count). The van der Waals surface area contributed by atoms with E-state index in [0.717, 1.165) is 109 Å². The molecule has 6 saturated heterocycles. The lowest BCUT2D eigenvalue weighted by molar-refractivity contribution is 0.148. The van der Waals surface area contributed by atoms with Crippen molar-refractivity contribution >= 4 is 53.5 Å². The zero-order valence-electron chi connectivity index (χ0n) is 80.8. The summed E-state index contributed by atoms with van der Waals surface area (Å²) in [4.78, 5) is 64.0. The van der Waals surface area contributed by atoms with Crippen molar-refractivity contribution in [3.8, 4) is 0 Å². The van der Waals surface area contributed by atoms with Gasteiger partial charge in [-0.2, -0.15) is 44.9 Å². The van der Waals surface area contributed by atoms with Crippen molar-refractivity contribution in [2.75, 3.05) is 187 Å². The van der Waals surface area contributed by atoms with Gasteiger partial charge in [-0.05, 0) is 275 Å². The second-order valence-corrected chi connectivity index (χ2v) is 44.4. The number of aromatic nitrogens is 9. The minimum atomic E-state index is -0.146. The molecule has 120 heavy (non-hydrogen) atoms. The van der Waals surface area contributed by atoms with Gasteiger partial charge in [-0.3, -0.25) is 0 Å². The van der Waals surface area contributed by atoms with E-state index in [1.807, 2.05) is 0 Å². The topological polar surface area (TPSA) is 299 Å². The summed E-state index contributed by atoms with van der Waals surface area (Å²) in [5.41, 5.74) is -1.62. The Morgan fingerprint density at radius 3 is 0.625 bits per heavy atom. The van der Waals surface area contributed by atoms with E-state index in [0.29, 0.717) is 152 Å². The first-order valence-electron chi connectivity index (χ1n) is 45.7. The molecule has 3 aromatic heterocycles. The molecule has 1 atom stereocenters. The third kappa shape index (κ3) is 29.4.